The van der Waals surface area contributed by atoms with Crippen LogP contribution in [0.2, 0.25) is 0 Å². The molecule has 0 aliphatic rings. The average molecular weight is 278 g/mol. The zero-order chi connectivity index (χ0) is 15.0. The highest BCUT2D eigenvalue weighted by Crippen LogP contribution is 2.29. The van der Waals surface area contributed by atoms with Crippen molar-refractivity contribution >= 4 is 11.0 Å². The summed E-state index contributed by atoms with van der Waals surface area (Å²) in [5.74, 6) is 1.06. The molecule has 2 aromatic carbocycles. The van der Waals surface area contributed by atoms with Gasteiger partial charge in [0.1, 0.15) is 5.82 Å². The fourth-order valence-electron chi connectivity index (χ4n) is 2.68. The molecule has 0 spiro atoms. The Morgan fingerprint density at radius 3 is 2.38 bits per heavy atom. The molecule has 0 aliphatic heterocycles. The quantitative estimate of drug-likeness (QED) is 0.641. The van der Waals surface area contributed by atoms with Gasteiger partial charge in [0.05, 0.1) is 11.0 Å². The van der Waals surface area contributed by atoms with Crippen molar-refractivity contribution in [1.29, 1.82) is 0 Å². The second kappa shape index (κ2) is 5.03. The smallest absolute Gasteiger partial charge is 0.141 e. The third-order valence-corrected chi connectivity index (χ3v) is 3.57. The van der Waals surface area contributed by atoms with Crippen molar-refractivity contribution in [2.45, 2.75) is 34.2 Å². The van der Waals surface area contributed by atoms with Gasteiger partial charge < -0.3 is 4.57 Å². The Morgan fingerprint density at radius 1 is 1.00 bits per heavy atom. The van der Waals surface area contributed by atoms with E-state index >= 15 is 0 Å². The summed E-state index contributed by atoms with van der Waals surface area (Å²) in [7, 11) is 0. The van der Waals surface area contributed by atoms with Crippen LogP contribution < -0.4 is 0 Å². The number of benzene rings is 2. The third kappa shape index (κ3) is 2.85. The van der Waals surface area contributed by atoms with Gasteiger partial charge >= 0.3 is 0 Å². The molecule has 0 aliphatic carbocycles. The minimum Gasteiger partial charge on any atom is -0.323 e. The third-order valence-electron chi connectivity index (χ3n) is 3.57. The van der Waals surface area contributed by atoms with Crippen molar-refractivity contribution in [2.75, 3.05) is 0 Å². The van der Waals surface area contributed by atoms with E-state index in [1.807, 2.05) is 6.07 Å². The first-order valence-electron chi connectivity index (χ1n) is 7.46. The van der Waals surface area contributed by atoms with Crippen molar-refractivity contribution in [3.63, 3.8) is 0 Å². The van der Waals surface area contributed by atoms with Crippen LogP contribution in [0.5, 0.6) is 0 Å². The molecule has 0 saturated carbocycles. The van der Waals surface area contributed by atoms with E-state index in [0.29, 0.717) is 0 Å². The van der Waals surface area contributed by atoms with Gasteiger partial charge in [-0.3, -0.25) is 0 Å². The van der Waals surface area contributed by atoms with Crippen molar-refractivity contribution in [1.82, 2.24) is 9.55 Å². The monoisotopic (exact) mass is 278 g/mol. The predicted molar refractivity (Wildman–Crippen MR) is 89.4 cm³/mol. The summed E-state index contributed by atoms with van der Waals surface area (Å²) in [5.41, 5.74) is 4.94. The van der Waals surface area contributed by atoms with E-state index in [1.165, 1.54) is 16.6 Å². The van der Waals surface area contributed by atoms with Crippen LogP contribution in [0.1, 0.15) is 26.3 Å². The van der Waals surface area contributed by atoms with Crippen LogP contribution in [-0.2, 0) is 6.54 Å². The topological polar surface area (TPSA) is 17.8 Å². The van der Waals surface area contributed by atoms with Crippen molar-refractivity contribution in [3.05, 3.63) is 54.1 Å². The second-order valence-corrected chi connectivity index (χ2v) is 6.94. The number of imidazole rings is 1. The molecular weight excluding hydrogens is 256 g/mol. The Kier molecular flexibility index (Phi) is 3.32. The molecule has 108 valence electrons. The lowest BCUT2D eigenvalue weighted by molar-refractivity contribution is 0.350. The molecule has 0 N–H and O–H groups in total. The lowest BCUT2D eigenvalue weighted by Crippen LogP contribution is -2.16. The van der Waals surface area contributed by atoms with Crippen LogP contribution in [0.25, 0.3) is 22.4 Å². The molecule has 0 atom stereocenters. The van der Waals surface area contributed by atoms with Crippen LogP contribution in [0, 0.1) is 12.3 Å². The largest absolute Gasteiger partial charge is 0.323 e. The Morgan fingerprint density at radius 2 is 1.71 bits per heavy atom. The van der Waals surface area contributed by atoms with Crippen molar-refractivity contribution < 1.29 is 0 Å². The highest BCUT2D eigenvalue weighted by atomic mass is 15.1. The summed E-state index contributed by atoms with van der Waals surface area (Å²) in [6.07, 6.45) is 0. The van der Waals surface area contributed by atoms with Crippen LogP contribution in [0.15, 0.2) is 48.5 Å². The molecule has 1 heterocycles. The molecule has 0 bridgehead atoms. The van der Waals surface area contributed by atoms with Gasteiger partial charge in [0.25, 0.3) is 0 Å². The van der Waals surface area contributed by atoms with Gasteiger partial charge in [-0.05, 0) is 30.0 Å². The summed E-state index contributed by atoms with van der Waals surface area (Å²) in [6, 6.07) is 17.0. The standard InChI is InChI=1S/C19H22N2/c1-14-10-11-17-16(12-14)20-18(15-8-6-5-7-9-15)21(17)13-19(2,3)4/h5-12H,13H2,1-4H3. The zero-order valence-corrected chi connectivity index (χ0v) is 13.2. The van der Waals surface area contributed by atoms with Gasteiger partial charge in [0.2, 0.25) is 0 Å². The van der Waals surface area contributed by atoms with Crippen LogP contribution in [0.4, 0.5) is 0 Å². The van der Waals surface area contributed by atoms with Crippen molar-refractivity contribution in [2.24, 2.45) is 5.41 Å². The van der Waals surface area contributed by atoms with E-state index in [4.69, 9.17) is 4.98 Å². The molecule has 21 heavy (non-hydrogen) atoms. The zero-order valence-electron chi connectivity index (χ0n) is 13.2. The summed E-state index contributed by atoms with van der Waals surface area (Å²) in [5, 5.41) is 0. The maximum absolute atomic E-state index is 4.89. The first-order chi connectivity index (χ1) is 9.94. The van der Waals surface area contributed by atoms with Gasteiger partial charge in [0, 0.05) is 12.1 Å². The minimum absolute atomic E-state index is 0.210. The van der Waals surface area contributed by atoms with Gasteiger partial charge in [-0.25, -0.2) is 4.98 Å². The lowest BCUT2D eigenvalue weighted by atomic mass is 9.96. The van der Waals surface area contributed by atoms with Crippen LogP contribution in [0.3, 0.4) is 0 Å². The Hall–Kier alpha value is -2.09. The van der Waals surface area contributed by atoms with E-state index in [1.54, 1.807) is 0 Å². The van der Waals surface area contributed by atoms with E-state index in [9.17, 15) is 0 Å². The molecule has 2 nitrogen and oxygen atoms in total. The lowest BCUT2D eigenvalue weighted by Gasteiger charge is -2.21. The average Bonchev–Trinajstić information content (AvgIpc) is 2.76. The van der Waals surface area contributed by atoms with Crippen LogP contribution in [-0.4, -0.2) is 9.55 Å². The molecule has 1 aromatic heterocycles. The van der Waals surface area contributed by atoms with Gasteiger partial charge in [-0.15, -0.1) is 0 Å². The maximum Gasteiger partial charge on any atom is 0.141 e. The van der Waals surface area contributed by atoms with Gasteiger partial charge in [0.15, 0.2) is 0 Å². The van der Waals surface area contributed by atoms with E-state index in [-0.39, 0.29) is 5.41 Å². The fraction of sp³-hybridized carbons (Fsp3) is 0.316. The summed E-state index contributed by atoms with van der Waals surface area (Å²) < 4.78 is 2.35. The van der Waals surface area contributed by atoms with Gasteiger partial charge in [-0.1, -0.05) is 57.2 Å². The summed E-state index contributed by atoms with van der Waals surface area (Å²) >= 11 is 0. The van der Waals surface area contributed by atoms with Gasteiger partial charge in [-0.2, -0.15) is 0 Å². The SMILES string of the molecule is Cc1ccc2c(c1)nc(-c1ccccc1)n2CC(C)(C)C. The maximum atomic E-state index is 4.89. The first kappa shape index (κ1) is 13.9. The van der Waals surface area contributed by atoms with E-state index < -0.39 is 0 Å². The molecule has 3 aromatic rings. The number of hydrogen-bond acceptors (Lipinski definition) is 1. The second-order valence-electron chi connectivity index (χ2n) is 6.94. The number of hydrogen-bond donors (Lipinski definition) is 0. The Balaban J connectivity index is 2.25. The minimum atomic E-state index is 0.210. The molecule has 3 rings (SSSR count). The molecule has 0 fully saturated rings. The number of aromatic nitrogens is 2. The Labute approximate surface area is 126 Å². The molecule has 0 amide bonds. The normalized spacial score (nSPS) is 12.0. The van der Waals surface area contributed by atoms with E-state index in [2.05, 4.69) is 74.7 Å². The first-order valence-corrected chi connectivity index (χ1v) is 7.46. The fourth-order valence-corrected chi connectivity index (χ4v) is 2.68. The van der Waals surface area contributed by atoms with Crippen LogP contribution >= 0.6 is 0 Å². The number of nitrogens with zero attached hydrogens (tertiary/aromatic N) is 2. The molecule has 0 unspecified atom stereocenters. The highest BCUT2D eigenvalue weighted by Gasteiger charge is 2.18. The molecule has 2 heteroatoms. The predicted octanol–water partition coefficient (Wildman–Crippen LogP) is 5.06. The van der Waals surface area contributed by atoms with E-state index in [0.717, 1.165) is 17.9 Å². The number of rotatable bonds is 2. The molecule has 0 radical (unpaired) electrons. The summed E-state index contributed by atoms with van der Waals surface area (Å²) in [4.78, 5) is 4.89. The highest BCUT2D eigenvalue weighted by molar-refractivity contribution is 5.81. The van der Waals surface area contributed by atoms with Crippen molar-refractivity contribution in [3.8, 4) is 11.4 Å². The Bertz CT molecular complexity index is 761. The number of aryl methyl sites for hydroxylation is 1. The number of fused-ring (bicyclic) bond motifs is 1. The molecule has 0 saturated heterocycles. The molecular formula is C19H22N2. The summed E-state index contributed by atoms with van der Waals surface area (Å²) in [6.45, 7) is 9.87.